The third-order valence-electron chi connectivity index (χ3n) is 3.31. The molecule has 0 heterocycles. The first kappa shape index (κ1) is 22.8. The van der Waals surface area contributed by atoms with Crippen molar-refractivity contribution in [3.05, 3.63) is 27.8 Å². The zero-order chi connectivity index (χ0) is 21.6. The lowest BCUT2D eigenvalue weighted by Gasteiger charge is -2.16. The second kappa shape index (κ2) is 9.12. The van der Waals surface area contributed by atoms with Gasteiger partial charge in [-0.3, -0.25) is 10.1 Å². The highest BCUT2D eigenvalue weighted by molar-refractivity contribution is 7.90. The molecule has 0 aliphatic heterocycles. The first-order valence-electron chi connectivity index (χ1n) is 7.66. The number of benzene rings is 1. The molecule has 0 fully saturated rings. The van der Waals surface area contributed by atoms with Crippen molar-refractivity contribution >= 4 is 39.7 Å². The predicted molar refractivity (Wildman–Crippen MR) is 98.9 cm³/mol. The maximum atomic E-state index is 12.7. The molecule has 1 aromatic rings. The molecule has 154 valence electrons. The molecule has 0 amide bonds. The van der Waals surface area contributed by atoms with Gasteiger partial charge in [0.05, 0.1) is 24.7 Å². The van der Waals surface area contributed by atoms with Gasteiger partial charge in [0.15, 0.2) is 0 Å². The molecule has 0 aliphatic carbocycles. The highest BCUT2D eigenvalue weighted by Crippen LogP contribution is 2.35. The minimum atomic E-state index is -4.48. The lowest BCUT2D eigenvalue weighted by atomic mass is 10.1. The topological polar surface area (TPSA) is 158 Å². The largest absolute Gasteiger partial charge is 0.467 e. The molecule has 1 N–H and O–H groups in total. The van der Waals surface area contributed by atoms with E-state index in [4.69, 9.17) is 0 Å². The average Bonchev–Trinajstić information content (AvgIpc) is 2.64. The fourth-order valence-corrected chi connectivity index (χ4v) is 3.12. The Labute approximate surface area is 161 Å². The average molecular weight is 416 g/mol. The van der Waals surface area contributed by atoms with Crippen molar-refractivity contribution in [2.24, 2.45) is 4.40 Å². The molecule has 1 rings (SSSR count). The van der Waals surface area contributed by atoms with E-state index in [1.54, 1.807) is 0 Å². The summed E-state index contributed by atoms with van der Waals surface area (Å²) < 4.78 is 37.8. The number of methoxy groups -OCH3 is 2. The van der Waals surface area contributed by atoms with E-state index in [1.165, 1.54) is 25.9 Å². The fourth-order valence-electron chi connectivity index (χ4n) is 1.99. The number of carbonyl (C=O) groups is 2. The summed E-state index contributed by atoms with van der Waals surface area (Å²) in [5, 5.41) is 14.0. The van der Waals surface area contributed by atoms with Crippen molar-refractivity contribution in [3.8, 4) is 0 Å². The van der Waals surface area contributed by atoms with Gasteiger partial charge >= 0.3 is 11.9 Å². The first-order valence-corrected chi connectivity index (χ1v) is 9.10. The van der Waals surface area contributed by atoms with Gasteiger partial charge in [-0.2, -0.15) is 8.42 Å². The van der Waals surface area contributed by atoms with Crippen LogP contribution in [0.3, 0.4) is 0 Å². The lowest BCUT2D eigenvalue weighted by Crippen LogP contribution is -2.28. The molecule has 1 aromatic carbocycles. The SMILES string of the molecule is COC(=O)c1cc([N+](=O)[O-])c(N[C@@H](C)C(=O)OC)c(S(=O)(=O)N=CN(C)C)c1. The number of anilines is 1. The molecule has 0 aromatic heterocycles. The molecule has 0 saturated carbocycles. The number of nitrogens with one attached hydrogen (secondary N) is 1. The Hall–Kier alpha value is -3.22. The minimum absolute atomic E-state index is 0.371. The molecule has 0 radical (unpaired) electrons. The van der Waals surface area contributed by atoms with Gasteiger partial charge < -0.3 is 19.7 Å². The van der Waals surface area contributed by atoms with E-state index in [0.717, 1.165) is 32.7 Å². The first-order chi connectivity index (χ1) is 12.9. The van der Waals surface area contributed by atoms with Crippen molar-refractivity contribution in [1.29, 1.82) is 0 Å². The van der Waals surface area contributed by atoms with Crippen molar-refractivity contribution in [2.45, 2.75) is 17.9 Å². The second-order valence-corrected chi connectivity index (χ2v) is 7.27. The number of hydrogen-bond acceptors (Lipinski definition) is 9. The van der Waals surface area contributed by atoms with Crippen molar-refractivity contribution < 1.29 is 32.4 Å². The van der Waals surface area contributed by atoms with Gasteiger partial charge in [0.1, 0.15) is 23.0 Å². The summed E-state index contributed by atoms with van der Waals surface area (Å²) in [6, 6.07) is 0.597. The highest BCUT2D eigenvalue weighted by Gasteiger charge is 2.31. The summed E-state index contributed by atoms with van der Waals surface area (Å²) in [5.41, 5.74) is -1.63. The fraction of sp³-hybridized carbons (Fsp3) is 0.400. The van der Waals surface area contributed by atoms with Crippen molar-refractivity contribution in [1.82, 2.24) is 4.90 Å². The Bertz CT molecular complexity index is 911. The van der Waals surface area contributed by atoms with Crippen LogP contribution < -0.4 is 5.32 Å². The van der Waals surface area contributed by atoms with Crippen LogP contribution in [0.15, 0.2) is 21.4 Å². The van der Waals surface area contributed by atoms with E-state index in [0.29, 0.717) is 0 Å². The normalized spacial score (nSPS) is 12.3. The molecule has 13 heteroatoms. The summed E-state index contributed by atoms with van der Waals surface area (Å²) in [5.74, 6) is -1.77. The van der Waals surface area contributed by atoms with Gasteiger partial charge in [-0.05, 0) is 13.0 Å². The van der Waals surface area contributed by atoms with Crippen LogP contribution in [-0.4, -0.2) is 70.9 Å². The number of nitrogens with zero attached hydrogens (tertiary/aromatic N) is 3. The third-order valence-corrected chi connectivity index (χ3v) is 4.56. The Morgan fingerprint density at radius 2 is 1.89 bits per heavy atom. The monoisotopic (exact) mass is 416 g/mol. The number of esters is 2. The van der Waals surface area contributed by atoms with Gasteiger partial charge in [0.2, 0.25) is 0 Å². The number of ether oxygens (including phenoxy) is 2. The zero-order valence-corrected chi connectivity index (χ0v) is 16.6. The number of rotatable bonds is 8. The zero-order valence-electron chi connectivity index (χ0n) is 15.8. The molecule has 0 aliphatic rings. The van der Waals surface area contributed by atoms with Gasteiger partial charge in [-0.1, -0.05) is 0 Å². The van der Waals surface area contributed by atoms with Crippen LogP contribution >= 0.6 is 0 Å². The predicted octanol–water partition coefficient (Wildman–Crippen LogP) is 0.633. The van der Waals surface area contributed by atoms with Crippen LogP contribution in [0.5, 0.6) is 0 Å². The highest BCUT2D eigenvalue weighted by atomic mass is 32.2. The van der Waals surface area contributed by atoms with E-state index in [-0.39, 0.29) is 5.56 Å². The van der Waals surface area contributed by atoms with E-state index in [1.807, 2.05) is 0 Å². The van der Waals surface area contributed by atoms with E-state index >= 15 is 0 Å². The number of hydrogen-bond donors (Lipinski definition) is 1. The quantitative estimate of drug-likeness (QED) is 0.209. The van der Waals surface area contributed by atoms with Gasteiger partial charge in [-0.15, -0.1) is 4.40 Å². The molecule has 0 saturated heterocycles. The molecule has 12 nitrogen and oxygen atoms in total. The number of nitro groups is 1. The molecule has 0 bridgehead atoms. The van der Waals surface area contributed by atoms with Crippen LogP contribution in [0, 0.1) is 10.1 Å². The number of sulfonamides is 1. The number of nitro benzene ring substituents is 1. The van der Waals surface area contributed by atoms with Gasteiger partial charge in [0, 0.05) is 20.2 Å². The summed E-state index contributed by atoms with van der Waals surface area (Å²) in [4.78, 5) is 34.8. The Balaban J connectivity index is 3.80. The Morgan fingerprint density at radius 3 is 2.36 bits per heavy atom. The molecular formula is C15H20N4O8S. The standard InChI is InChI=1S/C15H20N4O8S/c1-9(14(20)26-4)17-13-11(19(22)23)6-10(15(21)27-5)7-12(13)28(24,25)16-8-18(2)3/h6-9,17H,1-5H3/t9-/m0/s1. The summed E-state index contributed by atoms with van der Waals surface area (Å²) in [7, 11) is 0.699. The molecule has 1 atom stereocenters. The second-order valence-electron chi connectivity index (χ2n) is 5.67. The minimum Gasteiger partial charge on any atom is -0.467 e. The van der Waals surface area contributed by atoms with Gasteiger partial charge in [0.25, 0.3) is 15.7 Å². The molecule has 0 unspecified atom stereocenters. The van der Waals surface area contributed by atoms with Crippen molar-refractivity contribution in [2.75, 3.05) is 33.6 Å². The molecular weight excluding hydrogens is 396 g/mol. The van der Waals surface area contributed by atoms with Crippen LogP contribution in [-0.2, 0) is 24.3 Å². The van der Waals surface area contributed by atoms with E-state index in [9.17, 15) is 28.1 Å². The van der Waals surface area contributed by atoms with Crippen LogP contribution in [0.1, 0.15) is 17.3 Å². The maximum absolute atomic E-state index is 12.7. The summed E-state index contributed by atoms with van der Waals surface area (Å²) in [6.07, 6.45) is 0.972. The third kappa shape index (κ3) is 5.39. The van der Waals surface area contributed by atoms with Crippen LogP contribution in [0.4, 0.5) is 11.4 Å². The summed E-state index contributed by atoms with van der Waals surface area (Å²) >= 11 is 0. The Morgan fingerprint density at radius 1 is 1.29 bits per heavy atom. The van der Waals surface area contributed by atoms with Crippen LogP contribution in [0.25, 0.3) is 0 Å². The van der Waals surface area contributed by atoms with Gasteiger partial charge in [-0.25, -0.2) is 9.59 Å². The van der Waals surface area contributed by atoms with Crippen molar-refractivity contribution in [3.63, 3.8) is 0 Å². The summed E-state index contributed by atoms with van der Waals surface area (Å²) in [6.45, 7) is 1.32. The Kier molecular flexibility index (Phi) is 7.43. The number of carbonyl (C=O) groups excluding carboxylic acids is 2. The maximum Gasteiger partial charge on any atom is 0.338 e. The smallest absolute Gasteiger partial charge is 0.338 e. The van der Waals surface area contributed by atoms with Crippen LogP contribution in [0.2, 0.25) is 0 Å². The molecule has 28 heavy (non-hydrogen) atoms. The lowest BCUT2D eigenvalue weighted by molar-refractivity contribution is -0.384. The van der Waals surface area contributed by atoms with E-state index < -0.39 is 49.2 Å². The molecule has 0 spiro atoms. The van der Waals surface area contributed by atoms with E-state index in [2.05, 4.69) is 19.2 Å².